The van der Waals surface area contributed by atoms with Gasteiger partial charge in [0.05, 0.1) is 5.69 Å². The Morgan fingerprint density at radius 2 is 2.00 bits per heavy atom. The molecule has 0 aliphatic carbocycles. The van der Waals surface area contributed by atoms with E-state index in [4.69, 9.17) is 11.6 Å². The Morgan fingerprint density at radius 1 is 1.22 bits per heavy atom. The third kappa shape index (κ3) is 3.46. The number of anilines is 3. The zero-order chi connectivity index (χ0) is 16.2. The summed E-state index contributed by atoms with van der Waals surface area (Å²) in [7, 11) is 0. The average molecular weight is 346 g/mol. The molecule has 0 aliphatic rings. The van der Waals surface area contributed by atoms with Crippen molar-refractivity contribution in [1.29, 1.82) is 0 Å². The Kier molecular flexibility index (Phi) is 4.50. The van der Waals surface area contributed by atoms with Gasteiger partial charge in [0.15, 0.2) is 0 Å². The molecule has 2 amide bonds. The van der Waals surface area contributed by atoms with E-state index in [1.165, 1.54) is 4.90 Å². The fraction of sp³-hybridized carbons (Fsp3) is 0.0667. The smallest absolute Gasteiger partial charge is 0.307 e. The van der Waals surface area contributed by atoms with Crippen LogP contribution in [0.25, 0.3) is 0 Å². The van der Waals surface area contributed by atoms with Crippen LogP contribution in [0, 0.1) is 6.92 Å². The number of carbonyl (C=O) groups excluding carboxylic acids is 1. The predicted molar refractivity (Wildman–Crippen MR) is 91.5 cm³/mol. The molecule has 2 aromatic carbocycles. The summed E-state index contributed by atoms with van der Waals surface area (Å²) in [6.45, 7) is 1.87. The molecule has 0 atom stereocenters. The molecule has 6 nitrogen and oxygen atoms in total. The number of amides is 2. The van der Waals surface area contributed by atoms with Gasteiger partial charge in [-0.15, -0.1) is 0 Å². The van der Waals surface area contributed by atoms with Gasteiger partial charge in [0.2, 0.25) is 5.13 Å². The first kappa shape index (κ1) is 15.4. The van der Waals surface area contributed by atoms with Crippen LogP contribution in [-0.2, 0) is 0 Å². The highest BCUT2D eigenvalue weighted by Crippen LogP contribution is 2.31. The van der Waals surface area contributed by atoms with Crippen molar-refractivity contribution in [2.75, 3.05) is 10.2 Å². The Bertz CT molecular complexity index is 810. The maximum Gasteiger partial charge on any atom is 0.332 e. The monoisotopic (exact) mass is 345 g/mol. The number of hydrogen-bond acceptors (Lipinski definition) is 5. The van der Waals surface area contributed by atoms with Gasteiger partial charge in [-0.05, 0) is 48.0 Å². The molecule has 0 saturated heterocycles. The van der Waals surface area contributed by atoms with Crippen LogP contribution in [0.3, 0.4) is 0 Å². The van der Waals surface area contributed by atoms with Gasteiger partial charge in [0, 0.05) is 22.2 Å². The molecule has 1 aromatic heterocycles. The second-order valence-corrected chi connectivity index (χ2v) is 5.85. The third-order valence-corrected chi connectivity index (χ3v) is 3.93. The van der Waals surface area contributed by atoms with E-state index in [0.717, 1.165) is 17.1 Å². The Labute approximate surface area is 141 Å². The van der Waals surface area contributed by atoms with Crippen molar-refractivity contribution in [1.82, 2.24) is 14.8 Å². The normalized spacial score (nSPS) is 10.3. The molecule has 1 N–H and O–H groups in total. The molecular weight excluding hydrogens is 334 g/mol. The minimum Gasteiger partial charge on any atom is -0.307 e. The van der Waals surface area contributed by atoms with Crippen LogP contribution in [0.1, 0.15) is 5.56 Å². The first-order chi connectivity index (χ1) is 11.1. The van der Waals surface area contributed by atoms with E-state index in [9.17, 15) is 4.79 Å². The minimum absolute atomic E-state index is 0.347. The zero-order valence-corrected chi connectivity index (χ0v) is 13.7. The van der Waals surface area contributed by atoms with Crippen LogP contribution in [0.4, 0.5) is 21.3 Å². The number of carbonyl (C=O) groups is 1. The first-order valence-electron chi connectivity index (χ1n) is 6.72. The van der Waals surface area contributed by atoms with Crippen molar-refractivity contribution in [2.24, 2.45) is 0 Å². The molecule has 0 aliphatic heterocycles. The van der Waals surface area contributed by atoms with E-state index >= 15 is 0 Å². The van der Waals surface area contributed by atoms with Gasteiger partial charge in [-0.3, -0.25) is 0 Å². The summed E-state index contributed by atoms with van der Waals surface area (Å²) >= 11 is 7.04. The van der Waals surface area contributed by atoms with Crippen molar-refractivity contribution >= 4 is 45.7 Å². The molecule has 0 saturated carbocycles. The lowest BCUT2D eigenvalue weighted by Gasteiger charge is -2.21. The van der Waals surface area contributed by atoms with Gasteiger partial charge < -0.3 is 5.32 Å². The van der Waals surface area contributed by atoms with Crippen LogP contribution >= 0.6 is 23.1 Å². The van der Waals surface area contributed by atoms with Crippen LogP contribution in [0.5, 0.6) is 0 Å². The predicted octanol–water partition coefficient (Wildman–Crippen LogP) is 4.27. The number of para-hydroxylation sites is 1. The summed E-state index contributed by atoms with van der Waals surface area (Å²) in [6.07, 6.45) is 0. The molecule has 3 rings (SSSR count). The topological polar surface area (TPSA) is 71.0 Å². The zero-order valence-electron chi connectivity index (χ0n) is 12.1. The van der Waals surface area contributed by atoms with E-state index in [0.29, 0.717) is 21.5 Å². The van der Waals surface area contributed by atoms with Gasteiger partial charge in [-0.2, -0.15) is 0 Å². The lowest BCUT2D eigenvalue weighted by atomic mass is 10.2. The van der Waals surface area contributed by atoms with E-state index in [-0.39, 0.29) is 6.03 Å². The lowest BCUT2D eigenvalue weighted by molar-refractivity contribution is 0.259. The van der Waals surface area contributed by atoms with Gasteiger partial charge >= 0.3 is 6.03 Å². The molecule has 0 fully saturated rings. The summed E-state index contributed by atoms with van der Waals surface area (Å²) in [5.41, 5.74) is 2.20. The minimum atomic E-state index is -0.347. The second kappa shape index (κ2) is 6.72. The van der Waals surface area contributed by atoms with Gasteiger partial charge in [0.1, 0.15) is 0 Å². The van der Waals surface area contributed by atoms with E-state index < -0.39 is 0 Å². The van der Waals surface area contributed by atoms with E-state index in [2.05, 4.69) is 20.1 Å². The van der Waals surface area contributed by atoms with Crippen molar-refractivity contribution in [3.8, 4) is 0 Å². The highest BCUT2D eigenvalue weighted by molar-refractivity contribution is 7.09. The van der Waals surface area contributed by atoms with Crippen LogP contribution in [0.2, 0.25) is 5.02 Å². The number of nitrogens with zero attached hydrogens (tertiary/aromatic N) is 4. The second-order valence-electron chi connectivity index (χ2n) is 4.71. The number of aryl methyl sites for hydroxylation is 1. The summed E-state index contributed by atoms with van der Waals surface area (Å²) in [5.74, 6) is 0. The van der Waals surface area contributed by atoms with Crippen LogP contribution in [0.15, 0.2) is 48.5 Å². The molecule has 23 heavy (non-hydrogen) atoms. The maximum absolute atomic E-state index is 12.7. The molecule has 0 unspecified atom stereocenters. The standard InChI is InChI=1S/C15H12ClN5OS/c1-10-9-11(16)7-8-13(10)21(15-18-19-20-23-15)14(22)17-12-5-3-2-4-6-12/h2-9H,1H3,(H,17,22). The van der Waals surface area contributed by atoms with Crippen molar-refractivity contribution in [2.45, 2.75) is 6.92 Å². The molecule has 0 radical (unpaired) electrons. The highest BCUT2D eigenvalue weighted by Gasteiger charge is 2.23. The summed E-state index contributed by atoms with van der Waals surface area (Å²) in [6, 6.07) is 14.1. The van der Waals surface area contributed by atoms with Gasteiger partial charge in [0.25, 0.3) is 0 Å². The van der Waals surface area contributed by atoms with Gasteiger partial charge in [-0.1, -0.05) is 39.4 Å². The Morgan fingerprint density at radius 3 is 2.65 bits per heavy atom. The summed E-state index contributed by atoms with van der Waals surface area (Å²) < 4.78 is 3.74. The third-order valence-electron chi connectivity index (χ3n) is 3.11. The van der Waals surface area contributed by atoms with Crippen molar-refractivity contribution in [3.63, 3.8) is 0 Å². The quantitative estimate of drug-likeness (QED) is 0.769. The van der Waals surface area contributed by atoms with Gasteiger partial charge in [-0.25, -0.2) is 9.69 Å². The fourth-order valence-corrected chi connectivity index (χ4v) is 2.79. The highest BCUT2D eigenvalue weighted by atomic mass is 35.5. The first-order valence-corrected chi connectivity index (χ1v) is 7.87. The molecular formula is C15H12ClN5OS. The molecule has 0 spiro atoms. The number of aromatic nitrogens is 3. The number of benzene rings is 2. The number of hydrogen-bond donors (Lipinski definition) is 1. The number of halogens is 1. The van der Waals surface area contributed by atoms with Crippen LogP contribution in [-0.4, -0.2) is 20.8 Å². The Balaban J connectivity index is 1.98. The summed E-state index contributed by atoms with van der Waals surface area (Å²) in [4.78, 5) is 14.2. The van der Waals surface area contributed by atoms with Crippen molar-refractivity contribution in [3.05, 3.63) is 59.1 Å². The van der Waals surface area contributed by atoms with E-state index in [1.807, 2.05) is 37.3 Å². The molecule has 1 heterocycles. The SMILES string of the molecule is Cc1cc(Cl)ccc1N(C(=O)Nc1ccccc1)c1nnns1. The van der Waals surface area contributed by atoms with E-state index in [1.54, 1.807) is 18.2 Å². The largest absolute Gasteiger partial charge is 0.332 e. The lowest BCUT2D eigenvalue weighted by Crippen LogP contribution is -2.31. The number of urea groups is 1. The fourth-order valence-electron chi connectivity index (χ4n) is 2.09. The van der Waals surface area contributed by atoms with Crippen LogP contribution < -0.4 is 10.2 Å². The number of nitrogens with one attached hydrogen (secondary N) is 1. The maximum atomic E-state index is 12.7. The average Bonchev–Trinajstić information content (AvgIpc) is 3.05. The molecule has 8 heteroatoms. The molecule has 116 valence electrons. The Hall–Kier alpha value is -2.51. The summed E-state index contributed by atoms with van der Waals surface area (Å²) in [5, 5.41) is 11.3. The van der Waals surface area contributed by atoms with Crippen molar-refractivity contribution < 1.29 is 4.79 Å². The molecule has 3 aromatic rings. The number of rotatable bonds is 3. The molecule has 0 bridgehead atoms.